The first-order valence-corrected chi connectivity index (χ1v) is 11.6. The van der Waals surface area contributed by atoms with Crippen molar-refractivity contribution >= 4 is 23.0 Å². The number of hydrogen-bond acceptors (Lipinski definition) is 7. The maximum atomic E-state index is 6.47. The topological polar surface area (TPSA) is 82.3 Å². The lowest BCUT2D eigenvalue weighted by molar-refractivity contribution is 0.212. The lowest BCUT2D eigenvalue weighted by Gasteiger charge is -2.40. The highest BCUT2D eigenvalue weighted by Crippen LogP contribution is 2.32. The van der Waals surface area contributed by atoms with Crippen LogP contribution in [0.2, 0.25) is 0 Å². The number of para-hydroxylation sites is 1. The summed E-state index contributed by atoms with van der Waals surface area (Å²) in [6, 6.07) is 31.5. The molecular weight excluding hydrogens is 422 g/mol. The van der Waals surface area contributed by atoms with E-state index >= 15 is 0 Å². The van der Waals surface area contributed by atoms with Crippen LogP contribution in [0.15, 0.2) is 97.3 Å². The number of piperazine rings is 1. The van der Waals surface area contributed by atoms with E-state index in [0.29, 0.717) is 11.5 Å². The lowest BCUT2D eigenvalue weighted by atomic mass is 9.96. The molecule has 4 N–H and O–H groups in total. The van der Waals surface area contributed by atoms with Crippen LogP contribution in [0.4, 0.5) is 23.0 Å². The highest BCUT2D eigenvalue weighted by atomic mass is 15.4. The van der Waals surface area contributed by atoms with Gasteiger partial charge in [-0.05, 0) is 23.3 Å². The van der Waals surface area contributed by atoms with Gasteiger partial charge in [-0.15, -0.1) is 0 Å². The van der Waals surface area contributed by atoms with Gasteiger partial charge in [0.2, 0.25) is 0 Å². The molecule has 1 aromatic heterocycles. The fraction of sp³-hybridized carbons (Fsp3) is 0.185. The van der Waals surface area contributed by atoms with Gasteiger partial charge in [0.15, 0.2) is 11.6 Å². The molecule has 5 rings (SSSR count). The van der Waals surface area contributed by atoms with Gasteiger partial charge in [0.05, 0.1) is 11.7 Å². The van der Waals surface area contributed by atoms with Crippen molar-refractivity contribution in [2.24, 2.45) is 0 Å². The summed E-state index contributed by atoms with van der Waals surface area (Å²) < 4.78 is 0. The van der Waals surface area contributed by atoms with Crippen molar-refractivity contribution in [3.05, 3.63) is 108 Å². The minimum atomic E-state index is 0.222. The molecule has 0 radical (unpaired) electrons. The summed E-state index contributed by atoms with van der Waals surface area (Å²) in [5.74, 6) is 1.34. The summed E-state index contributed by atoms with van der Waals surface area (Å²) in [6.07, 6.45) is 1.56. The minimum absolute atomic E-state index is 0.222. The second-order valence-electron chi connectivity index (χ2n) is 8.32. The third-order valence-electron chi connectivity index (χ3n) is 6.17. The molecule has 172 valence electrons. The van der Waals surface area contributed by atoms with E-state index in [1.807, 2.05) is 30.3 Å². The van der Waals surface area contributed by atoms with Crippen LogP contribution in [0, 0.1) is 0 Å². The van der Waals surface area contributed by atoms with E-state index in [-0.39, 0.29) is 6.04 Å². The summed E-state index contributed by atoms with van der Waals surface area (Å²) in [5.41, 5.74) is 16.8. The molecule has 0 amide bonds. The summed E-state index contributed by atoms with van der Waals surface area (Å²) in [5, 5.41) is 0. The van der Waals surface area contributed by atoms with Crippen LogP contribution in [0.25, 0.3) is 0 Å². The SMILES string of the molecule is Nc1c(NNc2ccccc2)ncnc1N1CCN(C(c2ccccc2)c2ccccc2)CC1. The van der Waals surface area contributed by atoms with Crippen molar-refractivity contribution in [1.29, 1.82) is 0 Å². The molecule has 0 unspecified atom stereocenters. The number of hydrazine groups is 1. The van der Waals surface area contributed by atoms with Gasteiger partial charge in [-0.25, -0.2) is 9.97 Å². The maximum Gasteiger partial charge on any atom is 0.173 e. The predicted octanol–water partition coefficient (Wildman–Crippen LogP) is 4.41. The molecule has 3 aromatic carbocycles. The highest BCUT2D eigenvalue weighted by Gasteiger charge is 2.28. The molecule has 7 heteroatoms. The normalized spacial score (nSPS) is 14.2. The molecule has 1 aliphatic heterocycles. The average Bonchev–Trinajstić information content (AvgIpc) is 2.91. The molecular formula is C27H29N7. The second kappa shape index (κ2) is 10.2. The second-order valence-corrected chi connectivity index (χ2v) is 8.32. The van der Waals surface area contributed by atoms with Crippen LogP contribution >= 0.6 is 0 Å². The van der Waals surface area contributed by atoms with Crippen LogP contribution in [0.5, 0.6) is 0 Å². The first-order chi connectivity index (χ1) is 16.8. The Morgan fingerprint density at radius 1 is 0.676 bits per heavy atom. The third-order valence-corrected chi connectivity index (χ3v) is 6.17. The summed E-state index contributed by atoms with van der Waals surface area (Å²) >= 11 is 0. The van der Waals surface area contributed by atoms with Crippen LogP contribution in [-0.4, -0.2) is 41.0 Å². The Labute approximate surface area is 200 Å². The monoisotopic (exact) mass is 451 g/mol. The summed E-state index contributed by atoms with van der Waals surface area (Å²) in [7, 11) is 0. The van der Waals surface area contributed by atoms with Gasteiger partial charge in [-0.3, -0.25) is 15.8 Å². The lowest BCUT2D eigenvalue weighted by Crippen LogP contribution is -2.48. The van der Waals surface area contributed by atoms with Crippen molar-refractivity contribution in [3.63, 3.8) is 0 Å². The van der Waals surface area contributed by atoms with Gasteiger partial charge < -0.3 is 10.6 Å². The first kappa shape index (κ1) is 21.7. The van der Waals surface area contributed by atoms with Crippen molar-refractivity contribution in [2.75, 3.05) is 47.7 Å². The molecule has 4 aromatic rings. The predicted molar refractivity (Wildman–Crippen MR) is 139 cm³/mol. The van der Waals surface area contributed by atoms with Crippen molar-refractivity contribution in [1.82, 2.24) is 14.9 Å². The van der Waals surface area contributed by atoms with E-state index in [0.717, 1.165) is 37.7 Å². The fourth-order valence-electron chi connectivity index (χ4n) is 4.47. The van der Waals surface area contributed by atoms with Gasteiger partial charge in [0.25, 0.3) is 0 Å². The van der Waals surface area contributed by atoms with Gasteiger partial charge >= 0.3 is 0 Å². The Balaban J connectivity index is 1.30. The Bertz CT molecular complexity index is 1140. The van der Waals surface area contributed by atoms with Gasteiger partial charge in [0, 0.05) is 26.2 Å². The third kappa shape index (κ3) is 4.79. The van der Waals surface area contributed by atoms with E-state index in [4.69, 9.17) is 5.73 Å². The standard InChI is InChI=1S/C27H29N7/c28-24-26(32-31-23-14-8-3-9-15-23)29-20-30-27(24)34-18-16-33(17-19-34)25(21-10-4-1-5-11-21)22-12-6-2-7-13-22/h1-15,20,25,31H,16-19,28H2,(H,29,30,32). The number of benzene rings is 3. The van der Waals surface area contributed by atoms with E-state index in [9.17, 15) is 0 Å². The van der Waals surface area contributed by atoms with E-state index < -0.39 is 0 Å². The number of nitrogen functional groups attached to an aromatic ring is 1. The number of rotatable bonds is 7. The molecule has 0 saturated carbocycles. The molecule has 1 aliphatic rings. The van der Waals surface area contributed by atoms with Gasteiger partial charge in [-0.2, -0.15) is 0 Å². The first-order valence-electron chi connectivity index (χ1n) is 11.6. The molecule has 34 heavy (non-hydrogen) atoms. The number of nitrogens with one attached hydrogen (secondary N) is 2. The maximum absolute atomic E-state index is 6.47. The quantitative estimate of drug-likeness (QED) is 0.359. The molecule has 1 fully saturated rings. The number of nitrogens with zero attached hydrogens (tertiary/aromatic N) is 4. The molecule has 0 aliphatic carbocycles. The minimum Gasteiger partial charge on any atom is -0.393 e. The molecule has 0 spiro atoms. The molecule has 1 saturated heterocycles. The number of aromatic nitrogens is 2. The van der Waals surface area contributed by atoms with E-state index in [1.165, 1.54) is 11.1 Å². The molecule has 0 bridgehead atoms. The Hall–Kier alpha value is -4.10. The van der Waals surface area contributed by atoms with Crippen LogP contribution < -0.4 is 21.5 Å². The number of nitrogens with two attached hydrogens (primary N) is 1. The van der Waals surface area contributed by atoms with E-state index in [2.05, 4.69) is 91.3 Å². The Morgan fingerprint density at radius 3 is 1.82 bits per heavy atom. The zero-order valence-corrected chi connectivity index (χ0v) is 19.0. The average molecular weight is 452 g/mol. The highest BCUT2D eigenvalue weighted by molar-refractivity contribution is 5.76. The largest absolute Gasteiger partial charge is 0.393 e. The van der Waals surface area contributed by atoms with Gasteiger partial charge in [0.1, 0.15) is 12.0 Å². The zero-order valence-electron chi connectivity index (χ0n) is 19.0. The van der Waals surface area contributed by atoms with Gasteiger partial charge in [-0.1, -0.05) is 78.9 Å². The fourth-order valence-corrected chi connectivity index (χ4v) is 4.47. The van der Waals surface area contributed by atoms with Crippen LogP contribution in [-0.2, 0) is 0 Å². The van der Waals surface area contributed by atoms with E-state index in [1.54, 1.807) is 6.33 Å². The zero-order chi connectivity index (χ0) is 23.2. The number of hydrogen-bond donors (Lipinski definition) is 3. The molecule has 7 nitrogen and oxygen atoms in total. The van der Waals surface area contributed by atoms with Crippen LogP contribution in [0.3, 0.4) is 0 Å². The van der Waals surface area contributed by atoms with Crippen molar-refractivity contribution in [2.45, 2.75) is 6.04 Å². The Kier molecular flexibility index (Phi) is 6.54. The smallest absolute Gasteiger partial charge is 0.173 e. The van der Waals surface area contributed by atoms with Crippen molar-refractivity contribution < 1.29 is 0 Å². The summed E-state index contributed by atoms with van der Waals surface area (Å²) in [4.78, 5) is 13.6. The van der Waals surface area contributed by atoms with Crippen molar-refractivity contribution in [3.8, 4) is 0 Å². The molecule has 2 heterocycles. The summed E-state index contributed by atoms with van der Waals surface area (Å²) in [6.45, 7) is 3.48. The Morgan fingerprint density at radius 2 is 1.24 bits per heavy atom. The van der Waals surface area contributed by atoms with Crippen LogP contribution in [0.1, 0.15) is 17.2 Å². The number of anilines is 4. The molecule has 0 atom stereocenters.